The molecule has 2 rings (SSSR count). The van der Waals surface area contributed by atoms with Gasteiger partial charge >= 0.3 is 0 Å². The molecule has 6 heteroatoms. The maximum atomic E-state index is 5.37. The smallest absolute Gasteiger partial charge is 0.195 e. The van der Waals surface area contributed by atoms with Crippen molar-refractivity contribution >= 4 is 11.6 Å². The summed E-state index contributed by atoms with van der Waals surface area (Å²) in [6.07, 6.45) is 3.72. The molecule has 0 aliphatic heterocycles. The van der Waals surface area contributed by atoms with E-state index in [1.54, 1.807) is 20.4 Å². The Balaban J connectivity index is 2.18. The summed E-state index contributed by atoms with van der Waals surface area (Å²) in [7, 11) is 3.25. The molecule has 0 radical (unpaired) electrons. The molecule has 0 amide bonds. The number of benzene rings is 1. The molecule has 1 atom stereocenters. The van der Waals surface area contributed by atoms with Gasteiger partial charge < -0.3 is 20.1 Å². The molecule has 0 saturated heterocycles. The molecule has 146 valence electrons. The summed E-state index contributed by atoms with van der Waals surface area (Å²) in [5, 5.41) is 6.63. The summed E-state index contributed by atoms with van der Waals surface area (Å²) in [4.78, 5) is 9.05. The summed E-state index contributed by atoms with van der Waals surface area (Å²) >= 11 is 0. The minimum Gasteiger partial charge on any atom is -0.493 e. The first-order chi connectivity index (χ1) is 13.1. The number of hydrogen-bond acceptors (Lipinski definition) is 4. The second kappa shape index (κ2) is 10.4. The first kappa shape index (κ1) is 20.6. The lowest BCUT2D eigenvalue weighted by Crippen LogP contribution is -2.31. The lowest BCUT2D eigenvalue weighted by molar-refractivity contribution is 0.355. The quantitative estimate of drug-likeness (QED) is 0.545. The Bertz CT molecular complexity index is 732. The number of rotatable bonds is 8. The van der Waals surface area contributed by atoms with E-state index in [-0.39, 0.29) is 0 Å². The Morgan fingerprint density at radius 3 is 2.52 bits per heavy atom. The number of pyridine rings is 1. The van der Waals surface area contributed by atoms with Gasteiger partial charge in [-0.15, -0.1) is 0 Å². The lowest BCUT2D eigenvalue weighted by Gasteiger charge is -2.20. The fraction of sp³-hybridized carbons (Fsp3) is 0.429. The molecule has 0 spiro atoms. The van der Waals surface area contributed by atoms with E-state index in [1.165, 1.54) is 5.56 Å². The highest BCUT2D eigenvalue weighted by atomic mass is 16.5. The molecule has 0 fully saturated rings. The Hall–Kier alpha value is -2.76. The van der Waals surface area contributed by atoms with Gasteiger partial charge in [0.15, 0.2) is 17.5 Å². The van der Waals surface area contributed by atoms with Crippen LogP contribution in [-0.4, -0.2) is 38.3 Å². The van der Waals surface area contributed by atoms with Crippen molar-refractivity contribution in [3.05, 3.63) is 48.3 Å². The molecule has 0 bridgehead atoms. The number of ether oxygens (including phenoxy) is 2. The highest BCUT2D eigenvalue weighted by Crippen LogP contribution is 2.29. The fourth-order valence-electron chi connectivity index (χ4n) is 2.84. The predicted molar refractivity (Wildman–Crippen MR) is 111 cm³/mol. The lowest BCUT2D eigenvalue weighted by atomic mass is 9.89. The third kappa shape index (κ3) is 5.88. The van der Waals surface area contributed by atoms with Gasteiger partial charge in [0.05, 0.1) is 14.2 Å². The molecular weight excluding hydrogens is 340 g/mol. The van der Waals surface area contributed by atoms with Gasteiger partial charge in [0.25, 0.3) is 0 Å². The number of nitrogens with one attached hydrogen (secondary N) is 2. The zero-order chi connectivity index (χ0) is 19.6. The van der Waals surface area contributed by atoms with Crippen LogP contribution in [-0.2, 0) is 0 Å². The normalized spacial score (nSPS) is 12.6. The Morgan fingerprint density at radius 2 is 1.93 bits per heavy atom. The fourth-order valence-corrected chi connectivity index (χ4v) is 2.84. The van der Waals surface area contributed by atoms with E-state index in [1.807, 2.05) is 37.4 Å². The van der Waals surface area contributed by atoms with E-state index < -0.39 is 0 Å². The van der Waals surface area contributed by atoms with E-state index >= 15 is 0 Å². The zero-order valence-electron chi connectivity index (χ0n) is 16.8. The zero-order valence-corrected chi connectivity index (χ0v) is 16.8. The molecular formula is C21H30N4O2. The first-order valence-corrected chi connectivity index (χ1v) is 9.26. The van der Waals surface area contributed by atoms with Gasteiger partial charge in [-0.25, -0.2) is 0 Å². The SMILES string of the molecule is CCNC(=NCC(c1cccnc1)C(C)C)Nc1ccc(OC)c(OC)c1. The molecule has 0 aliphatic rings. The topological polar surface area (TPSA) is 67.8 Å². The third-order valence-electron chi connectivity index (χ3n) is 4.35. The van der Waals surface area contributed by atoms with Crippen molar-refractivity contribution in [3.8, 4) is 11.5 Å². The van der Waals surface area contributed by atoms with E-state index in [0.29, 0.717) is 29.9 Å². The molecule has 1 heterocycles. The van der Waals surface area contributed by atoms with E-state index in [4.69, 9.17) is 14.5 Å². The second-order valence-corrected chi connectivity index (χ2v) is 6.55. The predicted octanol–water partition coefficient (Wildman–Crippen LogP) is 3.92. The van der Waals surface area contributed by atoms with Gasteiger partial charge in [-0.05, 0) is 36.6 Å². The van der Waals surface area contributed by atoms with Crippen LogP contribution in [0.3, 0.4) is 0 Å². The third-order valence-corrected chi connectivity index (χ3v) is 4.35. The summed E-state index contributed by atoms with van der Waals surface area (Å²) in [6, 6.07) is 9.79. The molecule has 6 nitrogen and oxygen atoms in total. The average molecular weight is 370 g/mol. The van der Waals surface area contributed by atoms with Gasteiger partial charge in [-0.2, -0.15) is 0 Å². The number of aromatic nitrogens is 1. The molecule has 1 unspecified atom stereocenters. The molecule has 27 heavy (non-hydrogen) atoms. The van der Waals surface area contributed by atoms with E-state index in [2.05, 4.69) is 35.5 Å². The number of nitrogens with zero attached hydrogens (tertiary/aromatic N) is 2. The molecule has 0 aliphatic carbocycles. The Labute approximate surface area is 162 Å². The Morgan fingerprint density at radius 1 is 1.15 bits per heavy atom. The van der Waals surface area contributed by atoms with Crippen LogP contribution < -0.4 is 20.1 Å². The van der Waals surface area contributed by atoms with Crippen LogP contribution >= 0.6 is 0 Å². The minimum atomic E-state index is 0.305. The summed E-state index contributed by atoms with van der Waals surface area (Å²) in [5.41, 5.74) is 2.09. The number of aliphatic imine (C=N–C) groups is 1. The molecule has 1 aromatic carbocycles. The maximum Gasteiger partial charge on any atom is 0.195 e. The van der Waals surface area contributed by atoms with Crippen molar-refractivity contribution in [1.29, 1.82) is 0 Å². The van der Waals surface area contributed by atoms with Crippen LogP contribution in [0.4, 0.5) is 5.69 Å². The second-order valence-electron chi connectivity index (χ2n) is 6.55. The number of hydrogen-bond donors (Lipinski definition) is 2. The molecule has 0 saturated carbocycles. The molecule has 2 aromatic rings. The van der Waals surface area contributed by atoms with Gasteiger partial charge in [0.1, 0.15) is 0 Å². The molecule has 1 aromatic heterocycles. The van der Waals surface area contributed by atoms with Crippen LogP contribution in [0.25, 0.3) is 0 Å². The van der Waals surface area contributed by atoms with Crippen molar-refractivity contribution < 1.29 is 9.47 Å². The van der Waals surface area contributed by atoms with Crippen LogP contribution in [0.5, 0.6) is 11.5 Å². The first-order valence-electron chi connectivity index (χ1n) is 9.26. The number of methoxy groups -OCH3 is 2. The van der Waals surface area contributed by atoms with Crippen LogP contribution in [0.2, 0.25) is 0 Å². The van der Waals surface area contributed by atoms with Crippen LogP contribution in [0.1, 0.15) is 32.3 Å². The monoisotopic (exact) mass is 370 g/mol. The van der Waals surface area contributed by atoms with E-state index in [9.17, 15) is 0 Å². The van der Waals surface area contributed by atoms with Crippen LogP contribution in [0.15, 0.2) is 47.7 Å². The van der Waals surface area contributed by atoms with Crippen molar-refractivity contribution in [1.82, 2.24) is 10.3 Å². The summed E-state index contributed by atoms with van der Waals surface area (Å²) in [6.45, 7) is 7.92. The highest BCUT2D eigenvalue weighted by molar-refractivity contribution is 5.94. The Kier molecular flexibility index (Phi) is 7.92. The maximum absolute atomic E-state index is 5.37. The van der Waals surface area contributed by atoms with Crippen molar-refractivity contribution in [2.24, 2.45) is 10.9 Å². The number of anilines is 1. The summed E-state index contributed by atoms with van der Waals surface area (Å²) < 4.78 is 10.7. The van der Waals surface area contributed by atoms with Gasteiger partial charge in [0.2, 0.25) is 0 Å². The van der Waals surface area contributed by atoms with Gasteiger partial charge in [0, 0.05) is 43.2 Å². The van der Waals surface area contributed by atoms with Crippen molar-refractivity contribution in [3.63, 3.8) is 0 Å². The largest absolute Gasteiger partial charge is 0.493 e. The minimum absolute atomic E-state index is 0.305. The number of guanidine groups is 1. The summed E-state index contributed by atoms with van der Waals surface area (Å²) in [5.74, 6) is 2.87. The van der Waals surface area contributed by atoms with Gasteiger partial charge in [-0.3, -0.25) is 9.98 Å². The van der Waals surface area contributed by atoms with Crippen LogP contribution in [0, 0.1) is 5.92 Å². The highest BCUT2D eigenvalue weighted by Gasteiger charge is 2.16. The van der Waals surface area contributed by atoms with Gasteiger partial charge in [-0.1, -0.05) is 19.9 Å². The van der Waals surface area contributed by atoms with Crippen molar-refractivity contribution in [2.45, 2.75) is 26.7 Å². The van der Waals surface area contributed by atoms with Crippen molar-refractivity contribution in [2.75, 3.05) is 32.6 Å². The standard InChI is InChI=1S/C21H30N4O2/c1-6-23-21(25-17-9-10-19(26-4)20(12-17)27-5)24-14-18(15(2)3)16-8-7-11-22-13-16/h7-13,15,18H,6,14H2,1-5H3,(H2,23,24,25). The molecule has 2 N–H and O–H groups in total. The van der Waals surface area contributed by atoms with E-state index in [0.717, 1.165) is 18.2 Å². The average Bonchev–Trinajstić information content (AvgIpc) is 2.68.